The Morgan fingerprint density at radius 2 is 2.22 bits per heavy atom. The fourth-order valence-electron chi connectivity index (χ4n) is 0.617. The molecule has 0 N–H and O–H groups in total. The molecule has 1 radical (unpaired) electrons. The van der Waals surface area contributed by atoms with Crippen molar-refractivity contribution in [2.75, 3.05) is 0 Å². The number of pyridine rings is 1. The maximum absolute atomic E-state index is 4.04. The lowest BCUT2D eigenvalue weighted by molar-refractivity contribution is 1.15. The van der Waals surface area contributed by atoms with Gasteiger partial charge in [0, 0.05) is 16.7 Å². The second-order valence-corrected chi connectivity index (χ2v) is 2.72. The molecule has 47 valence electrons. The average Bonchev–Trinajstić information content (AvgIpc) is 1.83. The van der Waals surface area contributed by atoms with Gasteiger partial charge < -0.3 is 0 Å². The SMILES string of the molecule is Cc1[c]cnc(C)c1Br. The second kappa shape index (κ2) is 2.48. The monoisotopic (exact) mass is 184 g/mol. The van der Waals surface area contributed by atoms with Crippen LogP contribution in [0.1, 0.15) is 11.3 Å². The first-order valence-corrected chi connectivity index (χ1v) is 3.50. The van der Waals surface area contributed by atoms with Gasteiger partial charge in [-0.15, -0.1) is 0 Å². The number of nitrogens with zero attached hydrogens (tertiary/aromatic N) is 1. The summed E-state index contributed by atoms with van der Waals surface area (Å²) in [6.07, 6.45) is 1.69. The van der Waals surface area contributed by atoms with E-state index in [0.717, 1.165) is 15.7 Å². The molecule has 0 spiro atoms. The number of aryl methyl sites for hydroxylation is 2. The summed E-state index contributed by atoms with van der Waals surface area (Å²) >= 11 is 3.39. The predicted molar refractivity (Wildman–Crippen MR) is 40.2 cm³/mol. The smallest absolute Gasteiger partial charge is 0.0517 e. The van der Waals surface area contributed by atoms with Crippen LogP contribution >= 0.6 is 15.9 Å². The van der Waals surface area contributed by atoms with E-state index < -0.39 is 0 Å². The molecule has 1 nitrogen and oxygen atoms in total. The molecule has 0 aliphatic heterocycles. The van der Waals surface area contributed by atoms with Crippen molar-refractivity contribution >= 4 is 15.9 Å². The lowest BCUT2D eigenvalue weighted by Gasteiger charge is -1.97. The Kier molecular flexibility index (Phi) is 1.86. The molecule has 1 rings (SSSR count). The van der Waals surface area contributed by atoms with E-state index in [4.69, 9.17) is 0 Å². The minimum absolute atomic E-state index is 1.02. The van der Waals surface area contributed by atoms with Crippen LogP contribution in [0.2, 0.25) is 0 Å². The van der Waals surface area contributed by atoms with Gasteiger partial charge in [0.2, 0.25) is 0 Å². The van der Waals surface area contributed by atoms with Crippen molar-refractivity contribution in [3.8, 4) is 0 Å². The Morgan fingerprint density at radius 3 is 2.67 bits per heavy atom. The van der Waals surface area contributed by atoms with E-state index >= 15 is 0 Å². The van der Waals surface area contributed by atoms with Crippen LogP contribution < -0.4 is 0 Å². The van der Waals surface area contributed by atoms with Gasteiger partial charge in [-0.3, -0.25) is 4.98 Å². The molecule has 0 unspecified atom stereocenters. The maximum Gasteiger partial charge on any atom is 0.0517 e. The Balaban J connectivity index is 3.25. The quantitative estimate of drug-likeness (QED) is 0.604. The van der Waals surface area contributed by atoms with Crippen LogP contribution in [0.3, 0.4) is 0 Å². The predicted octanol–water partition coefficient (Wildman–Crippen LogP) is 2.26. The topological polar surface area (TPSA) is 12.9 Å². The lowest BCUT2D eigenvalue weighted by Crippen LogP contribution is -1.84. The Bertz CT molecular complexity index is 200. The third-order valence-electron chi connectivity index (χ3n) is 1.19. The van der Waals surface area contributed by atoms with E-state index in [9.17, 15) is 0 Å². The third-order valence-corrected chi connectivity index (χ3v) is 2.35. The van der Waals surface area contributed by atoms with Gasteiger partial charge in [0.15, 0.2) is 0 Å². The summed E-state index contributed by atoms with van der Waals surface area (Å²) in [7, 11) is 0. The molecule has 0 fully saturated rings. The van der Waals surface area contributed by atoms with Gasteiger partial charge in [-0.2, -0.15) is 0 Å². The zero-order chi connectivity index (χ0) is 6.85. The van der Waals surface area contributed by atoms with E-state index in [-0.39, 0.29) is 0 Å². The van der Waals surface area contributed by atoms with Gasteiger partial charge >= 0.3 is 0 Å². The molecule has 1 heterocycles. The van der Waals surface area contributed by atoms with Gasteiger partial charge in [-0.25, -0.2) is 0 Å². The van der Waals surface area contributed by atoms with Crippen LogP contribution in [-0.4, -0.2) is 4.98 Å². The Labute approximate surface area is 63.2 Å². The van der Waals surface area contributed by atoms with Crippen molar-refractivity contribution in [3.05, 3.63) is 28.0 Å². The first-order chi connectivity index (χ1) is 4.22. The van der Waals surface area contributed by atoms with Crippen LogP contribution in [0.15, 0.2) is 10.7 Å². The van der Waals surface area contributed by atoms with Crippen molar-refractivity contribution in [1.82, 2.24) is 4.98 Å². The van der Waals surface area contributed by atoms with Crippen molar-refractivity contribution in [2.45, 2.75) is 13.8 Å². The fraction of sp³-hybridized carbons (Fsp3) is 0.286. The van der Waals surface area contributed by atoms with Crippen molar-refractivity contribution in [3.63, 3.8) is 0 Å². The van der Waals surface area contributed by atoms with Gasteiger partial charge in [0.1, 0.15) is 0 Å². The molecule has 0 saturated heterocycles. The van der Waals surface area contributed by atoms with E-state index in [2.05, 4.69) is 27.0 Å². The number of hydrogen-bond donors (Lipinski definition) is 0. The van der Waals surface area contributed by atoms with Gasteiger partial charge in [-0.05, 0) is 35.3 Å². The molecule has 0 aliphatic rings. The first kappa shape index (κ1) is 6.75. The molecule has 0 atom stereocenters. The van der Waals surface area contributed by atoms with Crippen molar-refractivity contribution in [2.24, 2.45) is 0 Å². The zero-order valence-electron chi connectivity index (χ0n) is 5.40. The summed E-state index contributed by atoms with van der Waals surface area (Å²) in [6.45, 7) is 3.96. The summed E-state index contributed by atoms with van der Waals surface area (Å²) in [5.41, 5.74) is 2.13. The van der Waals surface area contributed by atoms with E-state index in [0.29, 0.717) is 0 Å². The normalized spacial score (nSPS) is 9.67. The summed E-state index contributed by atoms with van der Waals surface area (Å²) in [5.74, 6) is 0. The standard InChI is InChI=1S/C7H7BrN/c1-5-3-4-9-6(2)7(5)8/h4H,1-2H3. The molecule has 1 aromatic heterocycles. The van der Waals surface area contributed by atoms with Gasteiger partial charge in [0.05, 0.1) is 5.69 Å². The largest absolute Gasteiger partial charge is 0.260 e. The second-order valence-electron chi connectivity index (χ2n) is 1.93. The molecule has 1 aromatic rings. The molecule has 2 heteroatoms. The summed E-state index contributed by atoms with van der Waals surface area (Å²) in [5, 5.41) is 0. The first-order valence-electron chi connectivity index (χ1n) is 2.71. The molecule has 9 heavy (non-hydrogen) atoms. The highest BCUT2D eigenvalue weighted by Crippen LogP contribution is 2.16. The molecule has 0 saturated carbocycles. The summed E-state index contributed by atoms with van der Waals surface area (Å²) < 4.78 is 1.06. The van der Waals surface area contributed by atoms with Crippen LogP contribution in [0, 0.1) is 19.9 Å². The third kappa shape index (κ3) is 1.30. The minimum Gasteiger partial charge on any atom is -0.260 e. The Morgan fingerprint density at radius 1 is 1.56 bits per heavy atom. The molecule has 0 aromatic carbocycles. The van der Waals surface area contributed by atoms with Crippen molar-refractivity contribution < 1.29 is 0 Å². The average molecular weight is 185 g/mol. The minimum atomic E-state index is 1.02. The number of hydrogen-bond acceptors (Lipinski definition) is 1. The zero-order valence-corrected chi connectivity index (χ0v) is 6.99. The Hall–Kier alpha value is -0.370. The molecular formula is C7H7BrN. The molecule has 0 bridgehead atoms. The maximum atomic E-state index is 4.04. The van der Waals surface area contributed by atoms with Gasteiger partial charge in [-0.1, -0.05) is 0 Å². The van der Waals surface area contributed by atoms with E-state index in [1.807, 2.05) is 13.8 Å². The lowest BCUT2D eigenvalue weighted by atomic mass is 10.3. The van der Waals surface area contributed by atoms with Crippen molar-refractivity contribution in [1.29, 1.82) is 0 Å². The number of halogens is 1. The van der Waals surface area contributed by atoms with Crippen LogP contribution in [0.4, 0.5) is 0 Å². The van der Waals surface area contributed by atoms with E-state index in [1.54, 1.807) is 6.20 Å². The van der Waals surface area contributed by atoms with E-state index in [1.165, 1.54) is 0 Å². The summed E-state index contributed by atoms with van der Waals surface area (Å²) in [6, 6.07) is 2.98. The molecule has 0 aliphatic carbocycles. The molecular weight excluding hydrogens is 178 g/mol. The van der Waals surface area contributed by atoms with Crippen LogP contribution in [-0.2, 0) is 0 Å². The van der Waals surface area contributed by atoms with Gasteiger partial charge in [0.25, 0.3) is 0 Å². The highest BCUT2D eigenvalue weighted by molar-refractivity contribution is 9.10. The van der Waals surface area contributed by atoms with Crippen LogP contribution in [0.25, 0.3) is 0 Å². The summed E-state index contributed by atoms with van der Waals surface area (Å²) in [4.78, 5) is 4.04. The fourth-order valence-corrected chi connectivity index (χ4v) is 0.834. The number of aromatic nitrogens is 1. The highest BCUT2D eigenvalue weighted by Gasteiger charge is 1.96. The molecule has 0 amide bonds. The number of rotatable bonds is 0. The highest BCUT2D eigenvalue weighted by atomic mass is 79.9. The van der Waals surface area contributed by atoms with Crippen LogP contribution in [0.5, 0.6) is 0 Å².